The van der Waals surface area contributed by atoms with Crippen molar-refractivity contribution in [1.29, 1.82) is 0 Å². The Morgan fingerprint density at radius 1 is 0.952 bits per heavy atom. The van der Waals surface area contributed by atoms with Gasteiger partial charge in [-0.2, -0.15) is 0 Å². The van der Waals surface area contributed by atoms with Gasteiger partial charge >= 0.3 is 0 Å². The molecule has 0 heterocycles. The lowest BCUT2D eigenvalue weighted by molar-refractivity contribution is 0.306. The molecule has 2 aromatic rings. The molecule has 2 rings (SSSR count). The zero-order valence-corrected chi connectivity index (χ0v) is 14.7. The van der Waals surface area contributed by atoms with Gasteiger partial charge in [-0.3, -0.25) is 0 Å². The zero-order chi connectivity index (χ0) is 15.5. The van der Waals surface area contributed by atoms with Gasteiger partial charge in [-0.25, -0.2) is 0 Å². The molecule has 0 aliphatic carbocycles. The Hall–Kier alpha value is -1.74. The molecule has 0 aliphatic heterocycles. The van der Waals surface area contributed by atoms with Crippen LogP contribution >= 0.6 is 0 Å². The van der Waals surface area contributed by atoms with Crippen molar-refractivity contribution in [3.05, 3.63) is 54.1 Å². The summed E-state index contributed by atoms with van der Waals surface area (Å²) < 4.78 is 5.89. The second-order valence-electron chi connectivity index (χ2n) is 6.63. The number of benzene rings is 2. The summed E-state index contributed by atoms with van der Waals surface area (Å²) >= 11 is 0. The number of anilines is 1. The molecule has 0 radical (unpaired) electrons. The molecule has 2 aromatic carbocycles. The van der Waals surface area contributed by atoms with E-state index in [1.807, 2.05) is 26.2 Å². The quantitative estimate of drug-likeness (QED) is 0.777. The Balaban J connectivity index is 2.01. The Kier molecular flexibility index (Phi) is 4.73. The number of hydrogen-bond acceptors (Lipinski definition) is 2. The first-order chi connectivity index (χ1) is 9.86. The predicted octanol–water partition coefficient (Wildman–Crippen LogP) is 3.88. The molecule has 0 saturated carbocycles. The molecule has 112 valence electrons. The Labute approximate surface area is 129 Å². The fourth-order valence-corrected chi connectivity index (χ4v) is 3.29. The lowest BCUT2D eigenvalue weighted by atomic mass is 10.2. The van der Waals surface area contributed by atoms with Gasteiger partial charge < -0.3 is 9.64 Å². The third-order valence-electron chi connectivity index (χ3n) is 3.56. The molecule has 0 unspecified atom stereocenters. The molecule has 2 nitrogen and oxygen atoms in total. The van der Waals surface area contributed by atoms with Crippen LogP contribution in [0, 0.1) is 0 Å². The smallest absolute Gasteiger partial charge is 0.121 e. The van der Waals surface area contributed by atoms with Gasteiger partial charge in [0.1, 0.15) is 12.4 Å². The van der Waals surface area contributed by atoms with Gasteiger partial charge in [-0.05, 0) is 17.7 Å². The van der Waals surface area contributed by atoms with Crippen LogP contribution in [0.5, 0.6) is 5.75 Å². The van der Waals surface area contributed by atoms with Crippen molar-refractivity contribution >= 4 is 18.9 Å². The molecular formula is C18H25NOSi. The monoisotopic (exact) mass is 299 g/mol. The molecule has 0 N–H and O–H groups in total. The van der Waals surface area contributed by atoms with E-state index in [1.165, 1.54) is 10.8 Å². The summed E-state index contributed by atoms with van der Waals surface area (Å²) in [7, 11) is 2.86. The molecule has 0 spiro atoms. The van der Waals surface area contributed by atoms with E-state index in [1.54, 1.807) is 0 Å². The summed E-state index contributed by atoms with van der Waals surface area (Å²) in [5.41, 5.74) is 2.37. The second kappa shape index (κ2) is 6.35. The highest BCUT2D eigenvalue weighted by molar-refractivity contribution is 6.88. The average molecular weight is 299 g/mol. The molecular weight excluding hydrogens is 274 g/mol. The van der Waals surface area contributed by atoms with E-state index in [0.717, 1.165) is 11.4 Å². The molecule has 0 amide bonds. The molecule has 0 fully saturated rings. The van der Waals surface area contributed by atoms with E-state index >= 15 is 0 Å². The Morgan fingerprint density at radius 2 is 1.62 bits per heavy atom. The van der Waals surface area contributed by atoms with Gasteiger partial charge in [-0.1, -0.05) is 55.2 Å². The van der Waals surface area contributed by atoms with Gasteiger partial charge in [0, 0.05) is 25.8 Å². The van der Waals surface area contributed by atoms with Crippen LogP contribution < -0.4 is 14.8 Å². The van der Waals surface area contributed by atoms with Crippen LogP contribution in [-0.4, -0.2) is 22.2 Å². The van der Waals surface area contributed by atoms with Gasteiger partial charge in [0.15, 0.2) is 0 Å². The fourth-order valence-electron chi connectivity index (χ4n) is 2.12. The second-order valence-corrected chi connectivity index (χ2v) is 11.7. The maximum atomic E-state index is 5.89. The van der Waals surface area contributed by atoms with E-state index in [4.69, 9.17) is 4.74 Å². The van der Waals surface area contributed by atoms with Crippen LogP contribution in [0.1, 0.15) is 5.56 Å². The lowest BCUT2D eigenvalue weighted by Crippen LogP contribution is -2.37. The highest BCUT2D eigenvalue weighted by Gasteiger charge is 2.15. The van der Waals surface area contributed by atoms with Gasteiger partial charge in [-0.15, -0.1) is 0 Å². The van der Waals surface area contributed by atoms with E-state index < -0.39 is 8.07 Å². The summed E-state index contributed by atoms with van der Waals surface area (Å²) in [5.74, 6) is 0.912. The summed E-state index contributed by atoms with van der Waals surface area (Å²) in [6.45, 7) is 7.71. The fraction of sp³-hybridized carbons (Fsp3) is 0.333. The Morgan fingerprint density at radius 3 is 2.19 bits per heavy atom. The Bertz CT molecular complexity index is 585. The SMILES string of the molecule is CN(C)c1cccc(OCc2ccc([Si](C)(C)C)cc2)c1. The van der Waals surface area contributed by atoms with E-state index in [2.05, 4.69) is 60.9 Å². The van der Waals surface area contributed by atoms with Gasteiger partial charge in [0.05, 0.1) is 8.07 Å². The highest BCUT2D eigenvalue weighted by Crippen LogP contribution is 2.20. The molecule has 3 heteroatoms. The molecule has 0 aliphatic rings. The third kappa shape index (κ3) is 4.36. The number of nitrogens with zero attached hydrogens (tertiary/aromatic N) is 1. The maximum Gasteiger partial charge on any atom is 0.121 e. The largest absolute Gasteiger partial charge is 0.489 e. The van der Waals surface area contributed by atoms with Crippen LogP contribution in [0.15, 0.2) is 48.5 Å². The maximum absolute atomic E-state index is 5.89. The first-order valence-electron chi connectivity index (χ1n) is 7.36. The van der Waals surface area contributed by atoms with Gasteiger partial charge in [0.25, 0.3) is 0 Å². The molecule has 0 aromatic heterocycles. The van der Waals surface area contributed by atoms with Crippen molar-refractivity contribution in [2.24, 2.45) is 0 Å². The number of rotatable bonds is 5. The highest BCUT2D eigenvalue weighted by atomic mass is 28.3. The van der Waals surface area contributed by atoms with Crippen LogP contribution in [0.4, 0.5) is 5.69 Å². The van der Waals surface area contributed by atoms with Crippen LogP contribution in [0.2, 0.25) is 19.6 Å². The standard InChI is InChI=1S/C18H25NOSi/c1-19(2)16-7-6-8-17(13-16)20-14-15-9-11-18(12-10-15)21(3,4)5/h6-13H,14H2,1-5H3. The van der Waals surface area contributed by atoms with Crippen LogP contribution in [0.25, 0.3) is 0 Å². The van der Waals surface area contributed by atoms with Crippen molar-refractivity contribution in [3.8, 4) is 5.75 Å². The van der Waals surface area contributed by atoms with E-state index in [0.29, 0.717) is 6.61 Å². The zero-order valence-electron chi connectivity index (χ0n) is 13.7. The number of hydrogen-bond donors (Lipinski definition) is 0. The first kappa shape index (κ1) is 15.6. The van der Waals surface area contributed by atoms with Crippen LogP contribution in [-0.2, 0) is 6.61 Å². The van der Waals surface area contributed by atoms with E-state index in [-0.39, 0.29) is 0 Å². The van der Waals surface area contributed by atoms with Gasteiger partial charge in [0.2, 0.25) is 0 Å². The topological polar surface area (TPSA) is 12.5 Å². The first-order valence-corrected chi connectivity index (χ1v) is 10.9. The third-order valence-corrected chi connectivity index (χ3v) is 5.62. The lowest BCUT2D eigenvalue weighted by Gasteiger charge is -2.17. The average Bonchev–Trinajstić information content (AvgIpc) is 2.45. The predicted molar refractivity (Wildman–Crippen MR) is 94.5 cm³/mol. The number of ether oxygens (including phenoxy) is 1. The van der Waals surface area contributed by atoms with Crippen molar-refractivity contribution in [1.82, 2.24) is 0 Å². The van der Waals surface area contributed by atoms with Crippen molar-refractivity contribution in [2.75, 3.05) is 19.0 Å². The van der Waals surface area contributed by atoms with Crippen molar-refractivity contribution in [3.63, 3.8) is 0 Å². The van der Waals surface area contributed by atoms with E-state index in [9.17, 15) is 0 Å². The minimum atomic E-state index is -1.21. The minimum absolute atomic E-state index is 0.614. The van der Waals surface area contributed by atoms with Crippen LogP contribution in [0.3, 0.4) is 0 Å². The van der Waals surface area contributed by atoms with Crippen molar-refractivity contribution in [2.45, 2.75) is 26.2 Å². The summed E-state index contributed by atoms with van der Waals surface area (Å²) in [5, 5.41) is 1.49. The summed E-state index contributed by atoms with van der Waals surface area (Å²) in [6, 6.07) is 17.0. The van der Waals surface area contributed by atoms with Crippen molar-refractivity contribution < 1.29 is 4.74 Å². The summed E-state index contributed by atoms with van der Waals surface area (Å²) in [6.07, 6.45) is 0. The summed E-state index contributed by atoms with van der Waals surface area (Å²) in [4.78, 5) is 2.08. The molecule has 21 heavy (non-hydrogen) atoms. The normalized spacial score (nSPS) is 11.3. The minimum Gasteiger partial charge on any atom is -0.489 e. The molecule has 0 bridgehead atoms. The molecule has 0 saturated heterocycles. The molecule has 0 atom stereocenters.